The van der Waals surface area contributed by atoms with Gasteiger partial charge < -0.3 is 4.90 Å². The van der Waals surface area contributed by atoms with E-state index in [1.165, 1.54) is 0 Å². The second kappa shape index (κ2) is 8.33. The number of hydrogen-bond acceptors (Lipinski definition) is 3. The number of hydrogen-bond donors (Lipinski definition) is 0. The second-order valence-corrected chi connectivity index (χ2v) is 7.12. The summed E-state index contributed by atoms with van der Waals surface area (Å²) in [6.45, 7) is 6.97. The minimum atomic E-state index is -0.0218. The van der Waals surface area contributed by atoms with Crippen molar-refractivity contribution in [1.29, 1.82) is 0 Å². The lowest BCUT2D eigenvalue weighted by atomic mass is 9.91. The molecule has 0 N–H and O–H groups in total. The van der Waals surface area contributed by atoms with Gasteiger partial charge >= 0.3 is 0 Å². The average molecular weight is 365 g/mol. The number of rotatable bonds is 6. The molecule has 0 unspecified atom stereocenters. The number of ketones is 1. The Hall–Kier alpha value is -2.69. The van der Waals surface area contributed by atoms with E-state index in [0.29, 0.717) is 25.2 Å². The highest BCUT2D eigenvalue weighted by Gasteiger charge is 2.26. The third-order valence-corrected chi connectivity index (χ3v) is 5.11. The molecule has 142 valence electrons. The number of Topliss-reactive ketones (excluding diaryl/α,β-unsaturated/α-hetero) is 1. The molecule has 2 aromatic heterocycles. The molecule has 0 saturated heterocycles. The van der Waals surface area contributed by atoms with E-state index in [-0.39, 0.29) is 11.7 Å². The molecule has 0 saturated carbocycles. The van der Waals surface area contributed by atoms with Crippen LogP contribution in [0.5, 0.6) is 0 Å². The van der Waals surface area contributed by atoms with Gasteiger partial charge in [0, 0.05) is 24.9 Å². The van der Waals surface area contributed by atoms with Crippen LogP contribution in [-0.4, -0.2) is 39.1 Å². The van der Waals surface area contributed by atoms with Gasteiger partial charge in [0.2, 0.25) is 0 Å². The summed E-state index contributed by atoms with van der Waals surface area (Å²) in [7, 11) is 0. The molecule has 2 aromatic rings. The third-order valence-electron chi connectivity index (χ3n) is 5.11. The van der Waals surface area contributed by atoms with Crippen LogP contribution in [0.15, 0.2) is 53.4 Å². The molecule has 0 bridgehead atoms. The number of unbranched alkanes of at least 4 members (excludes halogenated alkanes) is 2. The fourth-order valence-corrected chi connectivity index (χ4v) is 3.64. The van der Waals surface area contributed by atoms with Gasteiger partial charge in [-0.1, -0.05) is 31.9 Å². The lowest BCUT2D eigenvalue weighted by molar-refractivity contribution is -0.113. The molecule has 0 radical (unpaired) electrons. The number of carbonyl (C=O) groups is 2. The van der Waals surface area contributed by atoms with Crippen LogP contribution in [0, 0.1) is 0 Å². The van der Waals surface area contributed by atoms with Crippen molar-refractivity contribution in [2.24, 2.45) is 0 Å². The zero-order valence-electron chi connectivity index (χ0n) is 16.4. The molecule has 3 heterocycles. The van der Waals surface area contributed by atoms with Crippen LogP contribution in [0.4, 0.5) is 0 Å². The molecule has 0 aromatic carbocycles. The van der Waals surface area contributed by atoms with Crippen LogP contribution >= 0.6 is 0 Å². The summed E-state index contributed by atoms with van der Waals surface area (Å²) >= 11 is 0. The second-order valence-electron chi connectivity index (χ2n) is 7.12. The van der Waals surface area contributed by atoms with Gasteiger partial charge in [0.25, 0.3) is 5.91 Å². The van der Waals surface area contributed by atoms with Crippen LogP contribution in [0.3, 0.4) is 0 Å². The first-order valence-electron chi connectivity index (χ1n) is 9.64. The number of allylic oxidation sites excluding steroid dienone is 2. The Kier molecular flexibility index (Phi) is 5.89. The molecule has 0 aliphatic carbocycles. The Morgan fingerprint density at radius 1 is 1.30 bits per heavy atom. The Morgan fingerprint density at radius 3 is 2.81 bits per heavy atom. The summed E-state index contributed by atoms with van der Waals surface area (Å²) in [5.41, 5.74) is 4.39. The highest BCUT2D eigenvalue weighted by molar-refractivity contribution is 5.98. The largest absolute Gasteiger partial charge is 0.333 e. The minimum Gasteiger partial charge on any atom is -0.333 e. The maximum Gasteiger partial charge on any atom is 0.272 e. The monoisotopic (exact) mass is 365 g/mol. The van der Waals surface area contributed by atoms with Crippen LogP contribution < -0.4 is 0 Å². The van der Waals surface area contributed by atoms with Crippen LogP contribution in [0.1, 0.15) is 56.9 Å². The van der Waals surface area contributed by atoms with E-state index >= 15 is 0 Å². The van der Waals surface area contributed by atoms with Crippen molar-refractivity contribution in [3.05, 3.63) is 59.1 Å². The lowest BCUT2D eigenvalue weighted by Gasteiger charge is -2.30. The fraction of sp³-hybridized carbons (Fsp3) is 0.409. The summed E-state index contributed by atoms with van der Waals surface area (Å²) in [6.07, 6.45) is 9.41. The lowest BCUT2D eigenvalue weighted by Crippen LogP contribution is -2.37. The third kappa shape index (κ3) is 4.02. The van der Waals surface area contributed by atoms with Crippen LogP contribution in [0.2, 0.25) is 0 Å². The zero-order chi connectivity index (χ0) is 19.4. The van der Waals surface area contributed by atoms with E-state index in [9.17, 15) is 9.59 Å². The Balaban J connectivity index is 1.81. The van der Waals surface area contributed by atoms with E-state index < -0.39 is 0 Å². The van der Waals surface area contributed by atoms with Crippen molar-refractivity contribution in [3.63, 3.8) is 0 Å². The average Bonchev–Trinajstić information content (AvgIpc) is 3.09. The minimum absolute atomic E-state index is 0.0218. The zero-order valence-corrected chi connectivity index (χ0v) is 16.4. The molecule has 3 rings (SSSR count). The first-order valence-corrected chi connectivity index (χ1v) is 9.64. The van der Waals surface area contributed by atoms with E-state index in [1.807, 2.05) is 40.6 Å². The number of pyridine rings is 1. The Bertz CT molecular complexity index is 921. The predicted molar refractivity (Wildman–Crippen MR) is 107 cm³/mol. The first kappa shape index (κ1) is 19.1. The normalized spacial score (nSPS) is 15.5. The van der Waals surface area contributed by atoms with Crippen LogP contribution in [0.25, 0.3) is 5.65 Å². The topological polar surface area (TPSA) is 54.7 Å². The molecule has 5 nitrogen and oxygen atoms in total. The summed E-state index contributed by atoms with van der Waals surface area (Å²) in [6, 6.07) is 5.69. The summed E-state index contributed by atoms with van der Waals surface area (Å²) < 4.78 is 1.82. The van der Waals surface area contributed by atoms with Gasteiger partial charge in [-0.2, -0.15) is 0 Å². The Morgan fingerprint density at radius 2 is 2.11 bits per heavy atom. The van der Waals surface area contributed by atoms with E-state index in [2.05, 4.69) is 18.0 Å². The van der Waals surface area contributed by atoms with Gasteiger partial charge in [0.15, 0.2) is 5.78 Å². The van der Waals surface area contributed by atoms with Gasteiger partial charge in [-0.05, 0) is 50.0 Å². The molecular formula is C22H27N3O2. The number of fused-ring (bicyclic) bond motifs is 1. The van der Waals surface area contributed by atoms with Crippen molar-refractivity contribution >= 4 is 17.3 Å². The molecule has 1 aliphatic rings. The SMILES string of the molecule is CCCC/C=C(/C(C)=O)C1=C(C)CN(C(=O)c2cnc3ccccn23)CC1. The van der Waals surface area contributed by atoms with Gasteiger partial charge in [-0.15, -0.1) is 0 Å². The quantitative estimate of drug-likeness (QED) is 0.569. The predicted octanol–water partition coefficient (Wildman–Crippen LogP) is 4.20. The fourth-order valence-electron chi connectivity index (χ4n) is 3.64. The van der Waals surface area contributed by atoms with Crippen molar-refractivity contribution in [2.75, 3.05) is 13.1 Å². The molecule has 0 fully saturated rings. The van der Waals surface area contributed by atoms with Crippen molar-refractivity contribution in [1.82, 2.24) is 14.3 Å². The molecular weight excluding hydrogens is 338 g/mol. The molecule has 5 heteroatoms. The van der Waals surface area contributed by atoms with Gasteiger partial charge in [0.05, 0.1) is 6.20 Å². The first-order chi connectivity index (χ1) is 13.0. The van der Waals surface area contributed by atoms with E-state index in [4.69, 9.17) is 0 Å². The van der Waals surface area contributed by atoms with Crippen molar-refractivity contribution in [3.8, 4) is 0 Å². The maximum absolute atomic E-state index is 13.0. The van der Waals surface area contributed by atoms with E-state index in [1.54, 1.807) is 13.1 Å². The number of carbonyl (C=O) groups excluding carboxylic acids is 2. The highest BCUT2D eigenvalue weighted by atomic mass is 16.2. The standard InChI is InChI=1S/C22H27N3O2/c1-4-5-6-9-19(17(3)26)18-11-13-24(15-16(18)2)22(27)20-14-23-21-10-7-8-12-25(20)21/h7-10,12,14H,4-6,11,13,15H2,1-3H3/b19-9-. The number of imidazole rings is 1. The smallest absolute Gasteiger partial charge is 0.272 e. The molecule has 1 amide bonds. The van der Waals surface area contributed by atoms with Crippen molar-refractivity contribution < 1.29 is 9.59 Å². The van der Waals surface area contributed by atoms with Gasteiger partial charge in [-0.3, -0.25) is 14.0 Å². The maximum atomic E-state index is 13.0. The van der Waals surface area contributed by atoms with Gasteiger partial charge in [0.1, 0.15) is 11.3 Å². The molecule has 27 heavy (non-hydrogen) atoms. The summed E-state index contributed by atoms with van der Waals surface area (Å²) in [5, 5.41) is 0. The van der Waals surface area contributed by atoms with Crippen LogP contribution in [-0.2, 0) is 4.79 Å². The van der Waals surface area contributed by atoms with Crippen molar-refractivity contribution in [2.45, 2.75) is 46.5 Å². The number of amides is 1. The van der Waals surface area contributed by atoms with E-state index in [0.717, 1.165) is 41.6 Å². The Labute approximate surface area is 160 Å². The summed E-state index contributed by atoms with van der Waals surface area (Å²) in [5.74, 6) is 0.0912. The summed E-state index contributed by atoms with van der Waals surface area (Å²) in [4.78, 5) is 31.3. The van der Waals surface area contributed by atoms with Gasteiger partial charge in [-0.25, -0.2) is 4.98 Å². The highest BCUT2D eigenvalue weighted by Crippen LogP contribution is 2.27. The number of nitrogens with zero attached hydrogens (tertiary/aromatic N) is 3. The molecule has 1 aliphatic heterocycles. The molecule has 0 spiro atoms. The molecule has 0 atom stereocenters. The number of aromatic nitrogens is 2.